The molecule has 66 valence electrons. The summed E-state index contributed by atoms with van der Waals surface area (Å²) in [5, 5.41) is 0. The lowest BCUT2D eigenvalue weighted by Gasteiger charge is -2.13. The molecule has 1 unspecified atom stereocenters. The SMILES string of the molecule is CCCN1CCC(OOC)C1. The van der Waals surface area contributed by atoms with Gasteiger partial charge in [-0.25, -0.2) is 9.78 Å². The van der Waals surface area contributed by atoms with Crippen LogP contribution in [-0.2, 0) is 9.78 Å². The number of hydrogen-bond acceptors (Lipinski definition) is 3. The van der Waals surface area contributed by atoms with Gasteiger partial charge < -0.3 is 4.90 Å². The highest BCUT2D eigenvalue weighted by Crippen LogP contribution is 2.12. The van der Waals surface area contributed by atoms with Crippen LogP contribution < -0.4 is 0 Å². The molecule has 1 heterocycles. The van der Waals surface area contributed by atoms with Gasteiger partial charge in [0.25, 0.3) is 0 Å². The molecule has 1 atom stereocenters. The minimum atomic E-state index is 0.298. The number of nitrogens with zero attached hydrogens (tertiary/aromatic N) is 1. The Kier molecular flexibility index (Phi) is 3.83. The summed E-state index contributed by atoms with van der Waals surface area (Å²) in [4.78, 5) is 12.1. The monoisotopic (exact) mass is 159 g/mol. The van der Waals surface area contributed by atoms with E-state index >= 15 is 0 Å². The molecule has 3 nitrogen and oxygen atoms in total. The van der Waals surface area contributed by atoms with Gasteiger partial charge in [0.05, 0.1) is 7.11 Å². The molecule has 0 aliphatic carbocycles. The third kappa shape index (κ3) is 2.77. The van der Waals surface area contributed by atoms with Crippen molar-refractivity contribution in [3.05, 3.63) is 0 Å². The Balaban J connectivity index is 2.12. The van der Waals surface area contributed by atoms with Crippen molar-refractivity contribution in [1.29, 1.82) is 0 Å². The quantitative estimate of drug-likeness (QED) is 0.452. The Labute approximate surface area is 68.2 Å². The van der Waals surface area contributed by atoms with Crippen LogP contribution in [0.4, 0.5) is 0 Å². The first-order valence-electron chi connectivity index (χ1n) is 4.28. The van der Waals surface area contributed by atoms with E-state index in [-0.39, 0.29) is 0 Å². The molecule has 0 aromatic heterocycles. The van der Waals surface area contributed by atoms with Crippen LogP contribution in [0.15, 0.2) is 0 Å². The lowest BCUT2D eigenvalue weighted by Crippen LogP contribution is -2.23. The second-order valence-corrected chi connectivity index (χ2v) is 2.97. The summed E-state index contributed by atoms with van der Waals surface area (Å²) in [5.41, 5.74) is 0. The van der Waals surface area contributed by atoms with Crippen LogP contribution in [0.25, 0.3) is 0 Å². The molecule has 1 aliphatic heterocycles. The van der Waals surface area contributed by atoms with Crippen molar-refractivity contribution >= 4 is 0 Å². The van der Waals surface area contributed by atoms with E-state index in [0.717, 1.165) is 19.5 Å². The first kappa shape index (κ1) is 8.97. The third-order valence-electron chi connectivity index (χ3n) is 2.00. The van der Waals surface area contributed by atoms with Gasteiger partial charge in [-0.3, -0.25) is 0 Å². The molecule has 0 N–H and O–H groups in total. The highest BCUT2D eigenvalue weighted by Gasteiger charge is 2.22. The zero-order valence-electron chi connectivity index (χ0n) is 7.38. The second-order valence-electron chi connectivity index (χ2n) is 2.97. The van der Waals surface area contributed by atoms with E-state index in [1.165, 1.54) is 13.0 Å². The lowest BCUT2D eigenvalue weighted by molar-refractivity contribution is -0.300. The topological polar surface area (TPSA) is 21.7 Å². The highest BCUT2D eigenvalue weighted by atomic mass is 17.2. The van der Waals surface area contributed by atoms with Gasteiger partial charge in [-0.05, 0) is 19.4 Å². The highest BCUT2D eigenvalue weighted by molar-refractivity contribution is 4.74. The molecular formula is C8H17NO2. The smallest absolute Gasteiger partial charge is 0.107 e. The summed E-state index contributed by atoms with van der Waals surface area (Å²) in [6.07, 6.45) is 2.62. The van der Waals surface area contributed by atoms with Crippen molar-refractivity contribution in [3.8, 4) is 0 Å². The van der Waals surface area contributed by atoms with Crippen molar-refractivity contribution in [2.24, 2.45) is 0 Å². The predicted octanol–water partition coefficient (Wildman–Crippen LogP) is 1.05. The lowest BCUT2D eigenvalue weighted by atomic mass is 10.3. The summed E-state index contributed by atoms with van der Waals surface area (Å²) in [5.74, 6) is 0. The maximum absolute atomic E-state index is 5.04. The zero-order chi connectivity index (χ0) is 8.10. The fourth-order valence-electron chi connectivity index (χ4n) is 1.53. The fourth-order valence-corrected chi connectivity index (χ4v) is 1.53. The Hall–Kier alpha value is -0.120. The van der Waals surface area contributed by atoms with E-state index in [1.807, 2.05) is 0 Å². The Bertz CT molecular complexity index is 96.3. The van der Waals surface area contributed by atoms with Crippen LogP contribution in [0.3, 0.4) is 0 Å². The van der Waals surface area contributed by atoms with Crippen molar-refractivity contribution < 1.29 is 9.78 Å². The Morgan fingerprint density at radius 1 is 1.55 bits per heavy atom. The average Bonchev–Trinajstić information content (AvgIpc) is 2.38. The molecule has 11 heavy (non-hydrogen) atoms. The van der Waals surface area contributed by atoms with Crippen molar-refractivity contribution in [2.45, 2.75) is 25.9 Å². The normalized spacial score (nSPS) is 26.2. The molecule has 0 aromatic rings. The van der Waals surface area contributed by atoms with Crippen LogP contribution in [-0.4, -0.2) is 37.7 Å². The van der Waals surface area contributed by atoms with Crippen molar-refractivity contribution in [2.75, 3.05) is 26.7 Å². The van der Waals surface area contributed by atoms with E-state index in [9.17, 15) is 0 Å². The molecular weight excluding hydrogens is 142 g/mol. The molecule has 0 aromatic carbocycles. The summed E-state index contributed by atoms with van der Waals surface area (Å²) in [7, 11) is 1.57. The van der Waals surface area contributed by atoms with Gasteiger partial charge in [0.2, 0.25) is 0 Å². The number of rotatable bonds is 4. The minimum absolute atomic E-state index is 0.298. The molecule has 0 saturated carbocycles. The van der Waals surface area contributed by atoms with E-state index in [0.29, 0.717) is 6.10 Å². The Morgan fingerprint density at radius 2 is 2.36 bits per heavy atom. The number of likely N-dealkylation sites (tertiary alicyclic amines) is 1. The first-order chi connectivity index (χ1) is 5.36. The van der Waals surface area contributed by atoms with Crippen LogP contribution in [0.1, 0.15) is 19.8 Å². The second kappa shape index (κ2) is 4.70. The minimum Gasteiger partial charge on any atom is -0.301 e. The Morgan fingerprint density at radius 3 is 3.00 bits per heavy atom. The van der Waals surface area contributed by atoms with Crippen molar-refractivity contribution in [3.63, 3.8) is 0 Å². The molecule has 1 rings (SSSR count). The molecule has 0 amide bonds. The van der Waals surface area contributed by atoms with Gasteiger partial charge in [0.15, 0.2) is 0 Å². The molecule has 0 bridgehead atoms. The number of hydrogen-bond donors (Lipinski definition) is 0. The van der Waals surface area contributed by atoms with E-state index < -0.39 is 0 Å². The maximum Gasteiger partial charge on any atom is 0.107 e. The molecule has 1 fully saturated rings. The molecule has 1 aliphatic rings. The molecule has 0 spiro atoms. The van der Waals surface area contributed by atoms with Crippen LogP contribution >= 0.6 is 0 Å². The van der Waals surface area contributed by atoms with Crippen LogP contribution in [0, 0.1) is 0 Å². The van der Waals surface area contributed by atoms with Gasteiger partial charge in [0.1, 0.15) is 6.10 Å². The first-order valence-corrected chi connectivity index (χ1v) is 4.28. The van der Waals surface area contributed by atoms with Crippen LogP contribution in [0.2, 0.25) is 0 Å². The summed E-state index contributed by atoms with van der Waals surface area (Å²) in [6.45, 7) is 5.57. The van der Waals surface area contributed by atoms with Gasteiger partial charge in [-0.2, -0.15) is 0 Å². The molecule has 3 heteroatoms. The summed E-state index contributed by atoms with van der Waals surface area (Å²) < 4.78 is 0. The standard InChI is InChI=1S/C8H17NO2/c1-3-5-9-6-4-8(7-9)11-10-2/h8H,3-7H2,1-2H3. The summed E-state index contributed by atoms with van der Waals surface area (Å²) in [6, 6.07) is 0. The van der Waals surface area contributed by atoms with Gasteiger partial charge in [-0.1, -0.05) is 6.92 Å². The van der Waals surface area contributed by atoms with Crippen molar-refractivity contribution in [1.82, 2.24) is 4.90 Å². The molecule has 1 saturated heterocycles. The van der Waals surface area contributed by atoms with E-state index in [1.54, 1.807) is 7.11 Å². The fraction of sp³-hybridized carbons (Fsp3) is 1.00. The molecule has 0 radical (unpaired) electrons. The van der Waals surface area contributed by atoms with E-state index in [2.05, 4.69) is 16.7 Å². The average molecular weight is 159 g/mol. The van der Waals surface area contributed by atoms with Crippen LogP contribution in [0.5, 0.6) is 0 Å². The maximum atomic E-state index is 5.04. The predicted molar refractivity (Wildman–Crippen MR) is 43.2 cm³/mol. The van der Waals surface area contributed by atoms with E-state index in [4.69, 9.17) is 4.89 Å². The zero-order valence-corrected chi connectivity index (χ0v) is 7.38. The third-order valence-corrected chi connectivity index (χ3v) is 2.00. The van der Waals surface area contributed by atoms with Gasteiger partial charge in [0, 0.05) is 13.1 Å². The van der Waals surface area contributed by atoms with Gasteiger partial charge in [-0.15, -0.1) is 0 Å². The summed E-state index contributed by atoms with van der Waals surface area (Å²) >= 11 is 0. The largest absolute Gasteiger partial charge is 0.301 e. The van der Waals surface area contributed by atoms with Gasteiger partial charge >= 0.3 is 0 Å².